The molecule has 208 valence electrons. The maximum absolute atomic E-state index is 13.6. The van der Waals surface area contributed by atoms with Crippen molar-refractivity contribution in [2.45, 2.75) is 71.4 Å². The highest BCUT2D eigenvalue weighted by Gasteiger charge is 2.36. The number of hydrazone groups is 1. The number of benzene rings is 3. The van der Waals surface area contributed by atoms with Gasteiger partial charge in [-0.15, -0.1) is 0 Å². The molecule has 0 aliphatic heterocycles. The number of carbonyl (C=O) groups excluding carboxylic acids is 1. The van der Waals surface area contributed by atoms with Gasteiger partial charge in [0.05, 0.1) is 0 Å². The molecule has 39 heavy (non-hydrogen) atoms. The van der Waals surface area contributed by atoms with Crippen LogP contribution in [-0.2, 0) is 23.2 Å². The van der Waals surface area contributed by atoms with Gasteiger partial charge in [-0.3, -0.25) is 4.79 Å². The molecule has 0 heterocycles. The van der Waals surface area contributed by atoms with E-state index in [2.05, 4.69) is 41.8 Å². The third kappa shape index (κ3) is 9.14. The Morgan fingerprint density at radius 1 is 0.897 bits per heavy atom. The summed E-state index contributed by atoms with van der Waals surface area (Å²) in [4.78, 5) is 13.6. The van der Waals surface area contributed by atoms with Crippen molar-refractivity contribution in [3.05, 3.63) is 102 Å². The maximum Gasteiger partial charge on any atom is 0.225 e. The lowest BCUT2D eigenvalue weighted by Gasteiger charge is -2.35. The molecule has 0 saturated carbocycles. The van der Waals surface area contributed by atoms with Gasteiger partial charge in [0.15, 0.2) is 0 Å². The van der Waals surface area contributed by atoms with Crippen LogP contribution in [0.4, 0.5) is 0 Å². The Morgan fingerprint density at radius 2 is 1.51 bits per heavy atom. The lowest BCUT2D eigenvalue weighted by atomic mass is 9.71. The van der Waals surface area contributed by atoms with Crippen LogP contribution in [0.15, 0.2) is 90.0 Å². The Kier molecular flexibility index (Phi) is 10.5. The van der Waals surface area contributed by atoms with Gasteiger partial charge in [0.1, 0.15) is 18.2 Å². The molecule has 1 amide bonds. The Bertz CT molecular complexity index is 1190. The van der Waals surface area contributed by atoms with Crippen molar-refractivity contribution in [3.8, 4) is 5.75 Å². The number of nitrogens with two attached hydrogens (primary N) is 2. The Balaban J connectivity index is 1.67. The van der Waals surface area contributed by atoms with Crippen LogP contribution >= 0.6 is 0 Å². The second-order valence-electron chi connectivity index (χ2n) is 11.4. The van der Waals surface area contributed by atoms with Gasteiger partial charge in [0.25, 0.3) is 0 Å². The third-order valence-corrected chi connectivity index (χ3v) is 7.09. The van der Waals surface area contributed by atoms with Gasteiger partial charge in [0, 0.05) is 17.9 Å². The highest BCUT2D eigenvalue weighted by molar-refractivity contribution is 5.83. The minimum Gasteiger partial charge on any atom is -0.489 e. The predicted octanol–water partition coefficient (Wildman–Crippen LogP) is 5.20. The normalized spacial score (nSPS) is 13.0. The van der Waals surface area contributed by atoms with Gasteiger partial charge < -0.3 is 21.3 Å². The molecule has 0 radical (unpaired) electrons. The summed E-state index contributed by atoms with van der Waals surface area (Å²) < 4.78 is 5.93. The number of hydrazine groups is 1. The molecule has 0 bridgehead atoms. The van der Waals surface area contributed by atoms with Gasteiger partial charge in [-0.05, 0) is 53.5 Å². The fourth-order valence-corrected chi connectivity index (χ4v) is 5.01. The first kappa shape index (κ1) is 29.7. The SMILES string of the molecule is CC(C)(CC(C)(C)c1ccccc1)C(=O)NC(CC/C(=N/N)NN)Cc1ccc(OCc2ccccc2)cc1. The van der Waals surface area contributed by atoms with Crippen molar-refractivity contribution in [3.63, 3.8) is 0 Å². The first-order valence-corrected chi connectivity index (χ1v) is 13.5. The predicted molar refractivity (Wildman–Crippen MR) is 159 cm³/mol. The standard InChI is InChI=1S/C32H43N5O2/c1-31(2,26-13-9-6-10-14-26)23-32(3,4)30(38)35-27(17-20-29(36-33)37-34)21-24-15-18-28(19-16-24)39-22-25-11-7-5-8-12-25/h5-16,18-19,27H,17,20-23,33-34H2,1-4H3,(H,35,38)(H,36,37). The van der Waals surface area contributed by atoms with Crippen LogP contribution in [0.3, 0.4) is 0 Å². The van der Waals surface area contributed by atoms with Crippen molar-refractivity contribution in [2.75, 3.05) is 0 Å². The van der Waals surface area contributed by atoms with Gasteiger partial charge in [-0.2, -0.15) is 5.10 Å². The summed E-state index contributed by atoms with van der Waals surface area (Å²) in [5, 5.41) is 7.01. The molecule has 7 heteroatoms. The van der Waals surface area contributed by atoms with Crippen molar-refractivity contribution >= 4 is 11.7 Å². The minimum absolute atomic E-state index is 0.0197. The lowest BCUT2D eigenvalue weighted by molar-refractivity contribution is -0.131. The molecule has 0 fully saturated rings. The average Bonchev–Trinajstić information content (AvgIpc) is 2.93. The number of amides is 1. The molecule has 3 rings (SSSR count). The lowest BCUT2D eigenvalue weighted by Crippen LogP contribution is -2.46. The summed E-state index contributed by atoms with van der Waals surface area (Å²) in [7, 11) is 0. The molecular weight excluding hydrogens is 486 g/mol. The molecule has 6 N–H and O–H groups in total. The quantitative estimate of drug-likeness (QED) is 0.105. The van der Waals surface area contributed by atoms with Crippen LogP contribution in [0.2, 0.25) is 0 Å². The van der Waals surface area contributed by atoms with Crippen LogP contribution < -0.4 is 27.2 Å². The number of rotatable bonds is 13. The molecule has 7 nitrogen and oxygen atoms in total. The van der Waals surface area contributed by atoms with Crippen molar-refractivity contribution in [2.24, 2.45) is 22.2 Å². The second-order valence-corrected chi connectivity index (χ2v) is 11.4. The number of hydrogen-bond donors (Lipinski definition) is 4. The summed E-state index contributed by atoms with van der Waals surface area (Å²) in [6.45, 7) is 8.91. The van der Waals surface area contributed by atoms with Gasteiger partial charge >= 0.3 is 0 Å². The van der Waals surface area contributed by atoms with E-state index in [1.165, 1.54) is 5.56 Å². The van der Waals surface area contributed by atoms with E-state index in [4.69, 9.17) is 16.4 Å². The van der Waals surface area contributed by atoms with Crippen molar-refractivity contribution < 1.29 is 9.53 Å². The molecule has 3 aromatic rings. The topological polar surface area (TPSA) is 115 Å². The fraction of sp³-hybridized carbons (Fsp3) is 0.375. The average molecular weight is 530 g/mol. The van der Waals surface area contributed by atoms with Gasteiger partial charge in [-0.1, -0.05) is 100 Å². The molecule has 3 aromatic carbocycles. The number of ether oxygens (including phenoxy) is 1. The maximum atomic E-state index is 13.6. The van der Waals surface area contributed by atoms with E-state index in [0.717, 1.165) is 16.9 Å². The van der Waals surface area contributed by atoms with Crippen LogP contribution in [0, 0.1) is 5.41 Å². The smallest absolute Gasteiger partial charge is 0.225 e. The minimum atomic E-state index is -0.580. The van der Waals surface area contributed by atoms with E-state index in [9.17, 15) is 4.79 Å². The van der Waals surface area contributed by atoms with Crippen molar-refractivity contribution in [1.29, 1.82) is 0 Å². The molecule has 0 aromatic heterocycles. The summed E-state index contributed by atoms with van der Waals surface area (Å²) in [6.07, 6.45) is 2.52. The van der Waals surface area contributed by atoms with E-state index >= 15 is 0 Å². The molecule has 0 saturated heterocycles. The number of amidine groups is 1. The van der Waals surface area contributed by atoms with E-state index in [0.29, 0.717) is 38.1 Å². The Hall–Kier alpha value is -3.84. The summed E-state index contributed by atoms with van der Waals surface area (Å²) in [5.41, 5.74) is 5.23. The molecular formula is C32H43N5O2. The largest absolute Gasteiger partial charge is 0.489 e. The number of nitrogens with zero attached hydrogens (tertiary/aromatic N) is 1. The van der Waals surface area contributed by atoms with Crippen molar-refractivity contribution in [1.82, 2.24) is 10.7 Å². The van der Waals surface area contributed by atoms with E-state index in [1.807, 2.05) is 86.6 Å². The van der Waals surface area contributed by atoms with Gasteiger partial charge in [0.2, 0.25) is 5.91 Å². The third-order valence-electron chi connectivity index (χ3n) is 7.09. The molecule has 0 aliphatic carbocycles. The molecule has 0 spiro atoms. The highest BCUT2D eigenvalue weighted by atomic mass is 16.5. The monoisotopic (exact) mass is 529 g/mol. The first-order chi connectivity index (χ1) is 18.6. The summed E-state index contributed by atoms with van der Waals surface area (Å²) in [5.74, 6) is 12.3. The van der Waals surface area contributed by atoms with E-state index in [-0.39, 0.29) is 17.4 Å². The van der Waals surface area contributed by atoms with E-state index < -0.39 is 5.41 Å². The zero-order valence-corrected chi connectivity index (χ0v) is 23.6. The van der Waals surface area contributed by atoms with Crippen LogP contribution in [0.1, 0.15) is 63.6 Å². The van der Waals surface area contributed by atoms with Crippen LogP contribution in [0.5, 0.6) is 5.75 Å². The number of carbonyl (C=O) groups is 1. The summed E-state index contributed by atoms with van der Waals surface area (Å²) in [6, 6.07) is 28.3. The van der Waals surface area contributed by atoms with E-state index in [1.54, 1.807) is 0 Å². The molecule has 0 aliphatic rings. The zero-order valence-electron chi connectivity index (χ0n) is 23.6. The Labute approximate surface area is 233 Å². The molecule has 1 unspecified atom stereocenters. The number of nitrogens with one attached hydrogen (secondary N) is 2. The zero-order chi connectivity index (χ0) is 28.3. The second kappa shape index (κ2) is 13.8. The Morgan fingerprint density at radius 3 is 2.10 bits per heavy atom. The summed E-state index contributed by atoms with van der Waals surface area (Å²) >= 11 is 0. The number of hydrogen-bond acceptors (Lipinski definition) is 5. The van der Waals surface area contributed by atoms with Gasteiger partial charge in [-0.25, -0.2) is 5.84 Å². The van der Waals surface area contributed by atoms with Crippen LogP contribution in [-0.4, -0.2) is 17.8 Å². The fourth-order valence-electron chi connectivity index (χ4n) is 5.01. The van der Waals surface area contributed by atoms with Crippen LogP contribution in [0.25, 0.3) is 0 Å². The first-order valence-electron chi connectivity index (χ1n) is 13.5. The molecule has 1 atom stereocenters. The highest BCUT2D eigenvalue weighted by Crippen LogP contribution is 2.37.